The Balaban J connectivity index is 1.68. The van der Waals surface area contributed by atoms with Crippen LogP contribution >= 0.6 is 0 Å². The maximum atomic E-state index is 12.6. The van der Waals surface area contributed by atoms with E-state index in [9.17, 15) is 4.79 Å². The van der Waals surface area contributed by atoms with Crippen LogP contribution < -0.4 is 20.1 Å². The van der Waals surface area contributed by atoms with Crippen LogP contribution in [0.25, 0.3) is 0 Å². The lowest BCUT2D eigenvalue weighted by Crippen LogP contribution is -2.48. The number of benzene rings is 1. The molecule has 3 rings (SSSR count). The molecule has 1 saturated heterocycles. The number of pyridine rings is 1. The Bertz CT molecular complexity index is 739. The molecule has 1 amide bonds. The highest BCUT2D eigenvalue weighted by Crippen LogP contribution is 2.29. The molecule has 26 heavy (non-hydrogen) atoms. The highest BCUT2D eigenvalue weighted by atomic mass is 16.5. The van der Waals surface area contributed by atoms with Crippen molar-refractivity contribution in [1.29, 1.82) is 0 Å². The number of aromatic nitrogens is 1. The minimum absolute atomic E-state index is 0.0794. The number of nitrogens with one attached hydrogen (secondary N) is 2. The van der Waals surface area contributed by atoms with Crippen molar-refractivity contribution in [3.63, 3.8) is 0 Å². The van der Waals surface area contributed by atoms with Gasteiger partial charge >= 0.3 is 0 Å². The quantitative estimate of drug-likeness (QED) is 0.820. The van der Waals surface area contributed by atoms with Crippen LogP contribution in [0.4, 0.5) is 5.69 Å². The monoisotopic (exact) mass is 356 g/mol. The number of ether oxygens (including phenoxy) is 2. The molecule has 0 bridgehead atoms. The van der Waals surface area contributed by atoms with Crippen LogP contribution in [0.1, 0.15) is 11.6 Å². The van der Waals surface area contributed by atoms with E-state index in [0.29, 0.717) is 23.7 Å². The summed E-state index contributed by atoms with van der Waals surface area (Å²) in [5.41, 5.74) is 1.74. The molecule has 2 aromatic rings. The number of hydrogen-bond donors (Lipinski definition) is 2. The largest absolute Gasteiger partial charge is 0.497 e. The van der Waals surface area contributed by atoms with Crippen LogP contribution in [0.15, 0.2) is 42.7 Å². The van der Waals surface area contributed by atoms with Gasteiger partial charge in [-0.15, -0.1) is 0 Å². The number of piperazine rings is 1. The summed E-state index contributed by atoms with van der Waals surface area (Å²) in [6.45, 7) is 2.75. The summed E-state index contributed by atoms with van der Waals surface area (Å²) in [4.78, 5) is 19.0. The molecule has 0 aliphatic carbocycles. The normalized spacial score (nSPS) is 17.5. The molecule has 7 heteroatoms. The van der Waals surface area contributed by atoms with Crippen molar-refractivity contribution in [2.24, 2.45) is 0 Å². The maximum Gasteiger partial charge on any atom is 0.238 e. The van der Waals surface area contributed by atoms with E-state index in [1.807, 2.05) is 18.3 Å². The van der Waals surface area contributed by atoms with E-state index in [4.69, 9.17) is 9.47 Å². The van der Waals surface area contributed by atoms with E-state index in [2.05, 4.69) is 20.5 Å². The first-order chi connectivity index (χ1) is 12.7. The molecule has 0 radical (unpaired) electrons. The number of carbonyl (C=O) groups is 1. The molecule has 1 fully saturated rings. The van der Waals surface area contributed by atoms with Gasteiger partial charge in [-0.2, -0.15) is 0 Å². The predicted octanol–water partition coefficient (Wildman–Crippen LogP) is 1.68. The van der Waals surface area contributed by atoms with Crippen molar-refractivity contribution in [1.82, 2.24) is 15.2 Å². The average Bonchev–Trinajstić information content (AvgIpc) is 2.69. The molecule has 1 aromatic carbocycles. The Kier molecular flexibility index (Phi) is 6.04. The average molecular weight is 356 g/mol. The number of hydrogen-bond acceptors (Lipinski definition) is 6. The first kappa shape index (κ1) is 18.2. The highest BCUT2D eigenvalue weighted by Gasteiger charge is 2.25. The highest BCUT2D eigenvalue weighted by molar-refractivity contribution is 5.93. The zero-order valence-electron chi connectivity index (χ0n) is 15.1. The number of rotatable bonds is 6. The van der Waals surface area contributed by atoms with Gasteiger partial charge in [0.05, 0.1) is 26.5 Å². The van der Waals surface area contributed by atoms with Crippen LogP contribution in [0, 0.1) is 0 Å². The van der Waals surface area contributed by atoms with Gasteiger partial charge in [-0.05, 0) is 23.8 Å². The van der Waals surface area contributed by atoms with Crippen LogP contribution in [0.2, 0.25) is 0 Å². The predicted molar refractivity (Wildman–Crippen MR) is 99.6 cm³/mol. The fourth-order valence-electron chi connectivity index (χ4n) is 3.11. The summed E-state index contributed by atoms with van der Waals surface area (Å²) in [6.07, 6.45) is 3.61. The third kappa shape index (κ3) is 4.30. The Morgan fingerprint density at radius 3 is 2.96 bits per heavy atom. The smallest absolute Gasteiger partial charge is 0.238 e. The van der Waals surface area contributed by atoms with Crippen LogP contribution in [-0.4, -0.2) is 56.2 Å². The number of anilines is 1. The van der Waals surface area contributed by atoms with Gasteiger partial charge in [0, 0.05) is 44.1 Å². The summed E-state index contributed by atoms with van der Waals surface area (Å²) in [6, 6.07) is 9.42. The number of carbonyl (C=O) groups excluding carboxylic acids is 1. The molecule has 1 aromatic heterocycles. The summed E-state index contributed by atoms with van der Waals surface area (Å²) in [7, 11) is 3.16. The van der Waals surface area contributed by atoms with E-state index >= 15 is 0 Å². The SMILES string of the molecule is COc1ccc(NC(=O)CN2CCNCC2c2cccnc2)c(OC)c1. The topological polar surface area (TPSA) is 75.7 Å². The van der Waals surface area contributed by atoms with Gasteiger partial charge in [0.1, 0.15) is 11.5 Å². The first-order valence-electron chi connectivity index (χ1n) is 8.58. The lowest BCUT2D eigenvalue weighted by Gasteiger charge is -2.35. The molecule has 1 aliphatic heterocycles. The number of methoxy groups -OCH3 is 2. The third-order valence-electron chi connectivity index (χ3n) is 4.45. The van der Waals surface area contributed by atoms with Crippen molar-refractivity contribution >= 4 is 11.6 Å². The molecular formula is C19H24N4O3. The standard InChI is InChI=1S/C19H24N4O3/c1-25-15-5-6-16(18(10-15)26-2)22-19(24)13-23-9-8-21-12-17(23)14-4-3-7-20-11-14/h3-7,10-11,17,21H,8-9,12-13H2,1-2H3,(H,22,24). The van der Waals surface area contributed by atoms with Gasteiger partial charge in [-0.25, -0.2) is 0 Å². The number of nitrogens with zero attached hydrogens (tertiary/aromatic N) is 2. The molecule has 1 atom stereocenters. The Morgan fingerprint density at radius 2 is 2.23 bits per heavy atom. The van der Waals surface area contributed by atoms with E-state index < -0.39 is 0 Å². The number of amides is 1. The molecule has 1 aliphatic rings. The fraction of sp³-hybridized carbons (Fsp3) is 0.368. The minimum atomic E-state index is -0.0794. The van der Waals surface area contributed by atoms with Crippen molar-refractivity contribution in [2.45, 2.75) is 6.04 Å². The fourth-order valence-corrected chi connectivity index (χ4v) is 3.11. The van der Waals surface area contributed by atoms with Crippen molar-refractivity contribution < 1.29 is 14.3 Å². The van der Waals surface area contributed by atoms with Crippen molar-refractivity contribution in [3.05, 3.63) is 48.3 Å². The second-order valence-electron chi connectivity index (χ2n) is 6.09. The molecule has 0 saturated carbocycles. The molecular weight excluding hydrogens is 332 g/mol. The lowest BCUT2D eigenvalue weighted by molar-refractivity contribution is -0.118. The molecule has 0 spiro atoms. The molecule has 2 N–H and O–H groups in total. The Morgan fingerprint density at radius 1 is 1.35 bits per heavy atom. The summed E-state index contributed by atoms with van der Waals surface area (Å²) >= 11 is 0. The first-order valence-corrected chi connectivity index (χ1v) is 8.58. The van der Waals surface area contributed by atoms with Gasteiger partial charge in [0.25, 0.3) is 0 Å². The van der Waals surface area contributed by atoms with E-state index in [1.54, 1.807) is 38.6 Å². The van der Waals surface area contributed by atoms with Gasteiger partial charge < -0.3 is 20.1 Å². The molecule has 138 valence electrons. The maximum absolute atomic E-state index is 12.6. The lowest BCUT2D eigenvalue weighted by atomic mass is 10.1. The Labute approximate surface area is 153 Å². The third-order valence-corrected chi connectivity index (χ3v) is 4.45. The van der Waals surface area contributed by atoms with Crippen LogP contribution in [-0.2, 0) is 4.79 Å². The van der Waals surface area contributed by atoms with Gasteiger partial charge in [-0.1, -0.05) is 6.07 Å². The van der Waals surface area contributed by atoms with Gasteiger partial charge in [0.15, 0.2) is 0 Å². The summed E-state index contributed by atoms with van der Waals surface area (Å²) < 4.78 is 10.5. The Hall–Kier alpha value is -2.64. The second kappa shape index (κ2) is 8.64. The van der Waals surface area contributed by atoms with E-state index in [-0.39, 0.29) is 11.9 Å². The van der Waals surface area contributed by atoms with E-state index in [1.165, 1.54) is 0 Å². The summed E-state index contributed by atoms with van der Waals surface area (Å²) in [5.74, 6) is 1.17. The van der Waals surface area contributed by atoms with Crippen LogP contribution in [0.3, 0.4) is 0 Å². The van der Waals surface area contributed by atoms with Gasteiger partial charge in [0.2, 0.25) is 5.91 Å². The second-order valence-corrected chi connectivity index (χ2v) is 6.09. The summed E-state index contributed by atoms with van der Waals surface area (Å²) in [5, 5.41) is 6.32. The zero-order chi connectivity index (χ0) is 18.4. The van der Waals surface area contributed by atoms with Crippen LogP contribution in [0.5, 0.6) is 11.5 Å². The molecule has 2 heterocycles. The molecule has 7 nitrogen and oxygen atoms in total. The van der Waals surface area contributed by atoms with E-state index in [0.717, 1.165) is 25.2 Å². The molecule has 1 unspecified atom stereocenters. The zero-order valence-corrected chi connectivity index (χ0v) is 15.1. The van der Waals surface area contributed by atoms with Crippen molar-refractivity contribution in [3.8, 4) is 11.5 Å². The van der Waals surface area contributed by atoms with Gasteiger partial charge in [-0.3, -0.25) is 14.7 Å². The van der Waals surface area contributed by atoms with Crippen molar-refractivity contribution in [2.75, 3.05) is 45.7 Å². The minimum Gasteiger partial charge on any atom is -0.497 e.